The molecule has 0 atom stereocenters. The van der Waals surface area contributed by atoms with Gasteiger partial charge in [-0.15, -0.1) is 0 Å². The summed E-state index contributed by atoms with van der Waals surface area (Å²) in [5.74, 6) is 0. The molecule has 2 N–H and O–H groups in total. The Bertz CT molecular complexity index is 726. The van der Waals surface area contributed by atoms with E-state index in [1.54, 1.807) is 16.8 Å². The van der Waals surface area contributed by atoms with E-state index in [-0.39, 0.29) is 16.3 Å². The standard InChI is InChI=1S/C11H11N3O4S2/c1-12-10-6-9(2-3-11(10)14(15)16)20(17,18)13-8-4-5-19-7-8/h2-7,12-13H,1H3. The molecule has 0 saturated heterocycles. The van der Waals surface area contributed by atoms with Crippen molar-refractivity contribution in [2.75, 3.05) is 17.1 Å². The number of nitrogens with zero attached hydrogens (tertiary/aromatic N) is 1. The lowest BCUT2D eigenvalue weighted by Gasteiger charge is -2.08. The fourth-order valence-electron chi connectivity index (χ4n) is 1.58. The van der Waals surface area contributed by atoms with Gasteiger partial charge in [0, 0.05) is 18.5 Å². The molecule has 0 spiro atoms. The highest BCUT2D eigenvalue weighted by Gasteiger charge is 2.20. The van der Waals surface area contributed by atoms with Crippen LogP contribution in [-0.4, -0.2) is 20.4 Å². The largest absolute Gasteiger partial charge is 0.383 e. The van der Waals surface area contributed by atoms with E-state index in [0.717, 1.165) is 6.07 Å². The third kappa shape index (κ3) is 2.89. The van der Waals surface area contributed by atoms with Crippen LogP contribution >= 0.6 is 11.3 Å². The number of nitrogens with one attached hydrogen (secondary N) is 2. The summed E-state index contributed by atoms with van der Waals surface area (Å²) in [6.45, 7) is 0. The predicted octanol–water partition coefficient (Wildman–Crippen LogP) is 2.50. The van der Waals surface area contributed by atoms with Crippen molar-refractivity contribution in [1.29, 1.82) is 0 Å². The van der Waals surface area contributed by atoms with Crippen LogP contribution < -0.4 is 10.0 Å². The van der Waals surface area contributed by atoms with Gasteiger partial charge in [0.05, 0.1) is 15.5 Å². The minimum absolute atomic E-state index is 0.0429. The summed E-state index contributed by atoms with van der Waals surface area (Å²) in [6.07, 6.45) is 0. The highest BCUT2D eigenvalue weighted by Crippen LogP contribution is 2.28. The van der Waals surface area contributed by atoms with Crippen molar-refractivity contribution in [1.82, 2.24) is 0 Å². The molecule has 0 aliphatic rings. The molecule has 1 aromatic heterocycles. The molecule has 0 radical (unpaired) electrons. The number of sulfonamides is 1. The van der Waals surface area contributed by atoms with Gasteiger partial charge in [-0.2, -0.15) is 11.3 Å². The molecule has 0 unspecified atom stereocenters. The van der Waals surface area contributed by atoms with Crippen LogP contribution in [0, 0.1) is 10.1 Å². The molecular formula is C11H11N3O4S2. The number of anilines is 2. The number of thiophene rings is 1. The van der Waals surface area contributed by atoms with Gasteiger partial charge < -0.3 is 5.32 Å². The van der Waals surface area contributed by atoms with Crippen molar-refractivity contribution in [3.05, 3.63) is 45.1 Å². The fourth-order valence-corrected chi connectivity index (χ4v) is 3.32. The lowest BCUT2D eigenvalue weighted by molar-refractivity contribution is -0.384. The summed E-state index contributed by atoms with van der Waals surface area (Å²) in [6, 6.07) is 5.22. The summed E-state index contributed by atoms with van der Waals surface area (Å²) in [5.41, 5.74) is 0.421. The van der Waals surface area contributed by atoms with E-state index in [2.05, 4.69) is 10.0 Å². The number of benzene rings is 1. The second-order valence-corrected chi connectivity index (χ2v) is 6.27. The van der Waals surface area contributed by atoms with Gasteiger partial charge in [0.2, 0.25) is 0 Å². The number of nitro groups is 1. The zero-order valence-electron chi connectivity index (χ0n) is 10.4. The molecule has 106 valence electrons. The molecule has 20 heavy (non-hydrogen) atoms. The molecular weight excluding hydrogens is 302 g/mol. The number of hydrogen-bond donors (Lipinski definition) is 2. The lowest BCUT2D eigenvalue weighted by Crippen LogP contribution is -2.13. The summed E-state index contributed by atoms with van der Waals surface area (Å²) in [4.78, 5) is 10.2. The second-order valence-electron chi connectivity index (χ2n) is 3.80. The second kappa shape index (κ2) is 5.47. The van der Waals surface area contributed by atoms with Gasteiger partial charge in [-0.1, -0.05) is 0 Å². The van der Waals surface area contributed by atoms with Crippen LogP contribution in [0.5, 0.6) is 0 Å². The predicted molar refractivity (Wildman–Crippen MR) is 77.8 cm³/mol. The molecule has 0 amide bonds. The summed E-state index contributed by atoms with van der Waals surface area (Å²) in [5, 5.41) is 16.8. The van der Waals surface area contributed by atoms with Crippen LogP contribution in [-0.2, 0) is 10.0 Å². The number of rotatable bonds is 5. The molecule has 9 heteroatoms. The van der Waals surface area contributed by atoms with E-state index in [4.69, 9.17) is 0 Å². The van der Waals surface area contributed by atoms with Crippen LogP contribution in [0.25, 0.3) is 0 Å². The van der Waals surface area contributed by atoms with E-state index >= 15 is 0 Å². The average Bonchev–Trinajstić information content (AvgIpc) is 2.89. The van der Waals surface area contributed by atoms with Crippen molar-refractivity contribution >= 4 is 38.4 Å². The van der Waals surface area contributed by atoms with E-state index in [1.807, 2.05) is 0 Å². The normalized spacial score (nSPS) is 11.1. The lowest BCUT2D eigenvalue weighted by atomic mass is 10.3. The van der Waals surface area contributed by atoms with Crippen LogP contribution in [0.2, 0.25) is 0 Å². The first kappa shape index (κ1) is 14.3. The first-order chi connectivity index (χ1) is 9.44. The van der Waals surface area contributed by atoms with Crippen LogP contribution in [0.1, 0.15) is 0 Å². The third-order valence-corrected chi connectivity index (χ3v) is 4.58. The minimum atomic E-state index is -3.76. The van der Waals surface area contributed by atoms with Crippen molar-refractivity contribution in [2.24, 2.45) is 0 Å². The zero-order chi connectivity index (χ0) is 14.8. The smallest absolute Gasteiger partial charge is 0.292 e. The molecule has 0 aliphatic carbocycles. The monoisotopic (exact) mass is 313 g/mol. The SMILES string of the molecule is CNc1cc(S(=O)(=O)Nc2ccsc2)ccc1[N+](=O)[O-]. The van der Waals surface area contributed by atoms with Gasteiger partial charge in [0.15, 0.2) is 0 Å². The van der Waals surface area contributed by atoms with E-state index in [1.165, 1.54) is 30.5 Å². The van der Waals surface area contributed by atoms with Gasteiger partial charge in [0.25, 0.3) is 15.7 Å². The Morgan fingerprint density at radius 3 is 2.60 bits per heavy atom. The third-order valence-electron chi connectivity index (χ3n) is 2.52. The van der Waals surface area contributed by atoms with Gasteiger partial charge in [-0.05, 0) is 23.6 Å². The molecule has 0 fully saturated rings. The Morgan fingerprint density at radius 1 is 1.30 bits per heavy atom. The van der Waals surface area contributed by atoms with E-state index < -0.39 is 14.9 Å². The first-order valence-corrected chi connectivity index (χ1v) is 7.88. The van der Waals surface area contributed by atoms with Crippen LogP contribution in [0.4, 0.5) is 17.1 Å². The van der Waals surface area contributed by atoms with Crippen molar-refractivity contribution in [3.63, 3.8) is 0 Å². The van der Waals surface area contributed by atoms with Crippen molar-refractivity contribution in [2.45, 2.75) is 4.90 Å². The molecule has 1 heterocycles. The molecule has 0 aliphatic heterocycles. The topological polar surface area (TPSA) is 101 Å². The fraction of sp³-hybridized carbons (Fsp3) is 0.0909. The highest BCUT2D eigenvalue weighted by atomic mass is 32.2. The van der Waals surface area contributed by atoms with Gasteiger partial charge in [0.1, 0.15) is 5.69 Å². The molecule has 2 rings (SSSR count). The molecule has 0 bridgehead atoms. The Balaban J connectivity index is 2.40. The van der Waals surface area contributed by atoms with Gasteiger partial charge in [-0.3, -0.25) is 14.8 Å². The Kier molecular flexibility index (Phi) is 3.91. The van der Waals surface area contributed by atoms with Gasteiger partial charge in [-0.25, -0.2) is 8.42 Å². The maximum atomic E-state index is 12.1. The quantitative estimate of drug-likeness (QED) is 0.652. The summed E-state index contributed by atoms with van der Waals surface area (Å²) < 4.78 is 26.7. The van der Waals surface area contributed by atoms with E-state index in [0.29, 0.717) is 5.69 Å². The summed E-state index contributed by atoms with van der Waals surface area (Å²) >= 11 is 1.36. The first-order valence-electron chi connectivity index (χ1n) is 5.45. The van der Waals surface area contributed by atoms with Gasteiger partial charge >= 0.3 is 0 Å². The molecule has 7 nitrogen and oxygen atoms in total. The molecule has 0 saturated carbocycles. The van der Waals surface area contributed by atoms with Crippen LogP contribution in [0.3, 0.4) is 0 Å². The molecule has 1 aromatic carbocycles. The Hall–Kier alpha value is -2.13. The maximum Gasteiger partial charge on any atom is 0.292 e. The number of hydrogen-bond acceptors (Lipinski definition) is 6. The minimum Gasteiger partial charge on any atom is -0.383 e. The maximum absolute atomic E-state index is 12.1. The molecule has 2 aromatic rings. The zero-order valence-corrected chi connectivity index (χ0v) is 12.0. The van der Waals surface area contributed by atoms with Crippen LogP contribution in [0.15, 0.2) is 39.9 Å². The Morgan fingerprint density at radius 2 is 2.05 bits per heavy atom. The number of nitro benzene ring substituents is 1. The average molecular weight is 313 g/mol. The van der Waals surface area contributed by atoms with E-state index in [9.17, 15) is 18.5 Å². The van der Waals surface area contributed by atoms with Crippen molar-refractivity contribution in [3.8, 4) is 0 Å². The highest BCUT2D eigenvalue weighted by molar-refractivity contribution is 7.92. The Labute approximate surface area is 119 Å². The van der Waals surface area contributed by atoms with Crippen molar-refractivity contribution < 1.29 is 13.3 Å². The summed E-state index contributed by atoms with van der Waals surface area (Å²) in [7, 11) is -2.27.